The summed E-state index contributed by atoms with van der Waals surface area (Å²) in [6, 6.07) is 69.5. The number of sulfonamides is 2. The molecule has 17 nitrogen and oxygen atoms in total. The highest BCUT2D eigenvalue weighted by molar-refractivity contribution is 7.99. The van der Waals surface area contributed by atoms with Gasteiger partial charge in [-0.05, 0) is 154 Å². The first-order chi connectivity index (χ1) is 51.6. The van der Waals surface area contributed by atoms with Crippen molar-refractivity contribution in [2.45, 2.75) is 70.7 Å². The molecule has 4 N–H and O–H groups in total. The van der Waals surface area contributed by atoms with Gasteiger partial charge in [0.15, 0.2) is 23.0 Å². The SMILES string of the molecule is COc1cc2c(cc1OC)C(c1ccccc1)N(CC(=O)NS(=O)(=O)c1ccc(CN(CCSc3ccccc3)Cc3c(F)cccc3Cl)cc1)CC2.COc1cc2c(cc1OC)C(c1ccccc1)N(CC(=O)O)CC2.NS(=O)(=O)c1ccc(CN(CCSc2ccccc2)Cc2c(F)cccc2Cl)cc1. The normalized spacial score (nSPS) is 14.3. The molecule has 0 bridgehead atoms. The molecule has 0 aliphatic carbocycles. The van der Waals surface area contributed by atoms with Crippen LogP contribution in [0.25, 0.3) is 0 Å². The summed E-state index contributed by atoms with van der Waals surface area (Å²) in [4.78, 5) is 35.2. The summed E-state index contributed by atoms with van der Waals surface area (Å²) in [6.07, 6.45) is 1.43. The van der Waals surface area contributed by atoms with E-state index < -0.39 is 31.9 Å². The Morgan fingerprint density at radius 3 is 1.25 bits per heavy atom. The second kappa shape index (κ2) is 38.8. The molecule has 0 spiro atoms. The van der Waals surface area contributed by atoms with Crippen molar-refractivity contribution in [3.05, 3.63) is 308 Å². The Hall–Kier alpha value is -8.82. The van der Waals surface area contributed by atoms with Gasteiger partial charge in [0.25, 0.3) is 10.0 Å². The van der Waals surface area contributed by atoms with Gasteiger partial charge in [0.05, 0.1) is 63.4 Å². The number of hydrogen-bond acceptors (Lipinski definition) is 16. The van der Waals surface area contributed by atoms with E-state index in [4.69, 9.17) is 47.3 Å². The first-order valence-corrected chi connectivity index (χ1v) is 40.1. The number of nitrogens with zero attached hydrogens (tertiary/aromatic N) is 4. The van der Waals surface area contributed by atoms with Crippen LogP contribution in [0.15, 0.2) is 250 Å². The molecule has 107 heavy (non-hydrogen) atoms. The van der Waals surface area contributed by atoms with E-state index in [2.05, 4.69) is 26.7 Å². The number of methoxy groups -OCH3 is 4. The van der Waals surface area contributed by atoms with Crippen LogP contribution in [0.2, 0.25) is 10.0 Å². The lowest BCUT2D eigenvalue weighted by atomic mass is 9.87. The van der Waals surface area contributed by atoms with Crippen LogP contribution < -0.4 is 28.8 Å². The number of carbonyl (C=O) groups excluding carboxylic acids is 1. The van der Waals surface area contributed by atoms with Gasteiger partial charge in [-0.15, -0.1) is 23.5 Å². The Morgan fingerprint density at radius 1 is 0.505 bits per heavy atom. The summed E-state index contributed by atoms with van der Waals surface area (Å²) in [7, 11) is -1.49. The number of amides is 1. The van der Waals surface area contributed by atoms with Crippen molar-refractivity contribution < 1.29 is 59.3 Å². The van der Waals surface area contributed by atoms with E-state index in [0.717, 1.165) is 61.8 Å². The number of halogens is 4. The van der Waals surface area contributed by atoms with Gasteiger partial charge in [-0.2, -0.15) is 0 Å². The second-order valence-corrected chi connectivity index (χ2v) is 31.7. The third kappa shape index (κ3) is 22.4. The summed E-state index contributed by atoms with van der Waals surface area (Å²) in [5, 5.41) is 15.2. The van der Waals surface area contributed by atoms with Gasteiger partial charge in [-0.25, -0.2) is 35.5 Å². The highest BCUT2D eigenvalue weighted by Gasteiger charge is 2.34. The van der Waals surface area contributed by atoms with Gasteiger partial charge in [-0.1, -0.05) is 157 Å². The van der Waals surface area contributed by atoms with Crippen molar-refractivity contribution in [2.24, 2.45) is 5.14 Å². The lowest BCUT2D eigenvalue weighted by Gasteiger charge is -2.37. The fourth-order valence-corrected chi connectivity index (χ4v) is 16.7. The summed E-state index contributed by atoms with van der Waals surface area (Å²) in [5.41, 5.74) is 8.93. The summed E-state index contributed by atoms with van der Waals surface area (Å²) >= 11 is 16.0. The van der Waals surface area contributed by atoms with Crippen LogP contribution in [0.4, 0.5) is 8.78 Å². The van der Waals surface area contributed by atoms with Crippen LogP contribution in [-0.4, -0.2) is 133 Å². The van der Waals surface area contributed by atoms with Gasteiger partial charge < -0.3 is 24.1 Å². The van der Waals surface area contributed by atoms with Gasteiger partial charge in [0.1, 0.15) is 11.6 Å². The number of carbonyl (C=O) groups is 2. The van der Waals surface area contributed by atoms with Gasteiger partial charge in [-0.3, -0.25) is 29.2 Å². The molecule has 10 aromatic carbocycles. The van der Waals surface area contributed by atoms with Crippen LogP contribution >= 0.6 is 46.7 Å². The Bertz CT molecular complexity index is 4800. The highest BCUT2D eigenvalue weighted by atomic mass is 35.5. The molecule has 2 aliphatic rings. The average molecular weight is 1570 g/mol. The number of benzene rings is 10. The summed E-state index contributed by atoms with van der Waals surface area (Å²) in [6.45, 7) is 3.99. The molecule has 0 saturated carbocycles. The van der Waals surface area contributed by atoms with Crippen LogP contribution in [0.5, 0.6) is 23.0 Å². The Labute approximate surface area is 643 Å². The van der Waals surface area contributed by atoms with E-state index in [1.165, 1.54) is 46.9 Å². The number of thioether (sulfide) groups is 2. The van der Waals surface area contributed by atoms with Crippen molar-refractivity contribution in [3.8, 4) is 23.0 Å². The Balaban J connectivity index is 0.000000190. The number of nitrogens with one attached hydrogen (secondary N) is 1. The molecule has 0 fully saturated rings. The summed E-state index contributed by atoms with van der Waals surface area (Å²) < 4.78 is 103. The van der Waals surface area contributed by atoms with E-state index in [0.29, 0.717) is 96.4 Å². The zero-order valence-corrected chi connectivity index (χ0v) is 64.3. The van der Waals surface area contributed by atoms with E-state index in [1.807, 2.05) is 143 Å². The predicted molar refractivity (Wildman–Crippen MR) is 419 cm³/mol. The number of hydrogen-bond donors (Lipinski definition) is 3. The fraction of sp³-hybridized carbons (Fsp3) is 0.244. The number of primary sulfonamides is 1. The minimum absolute atomic E-state index is 0.00729. The van der Waals surface area contributed by atoms with Crippen molar-refractivity contribution in [1.82, 2.24) is 24.3 Å². The number of rotatable bonds is 29. The molecule has 2 aliphatic heterocycles. The molecule has 2 unspecified atom stereocenters. The van der Waals surface area contributed by atoms with Crippen molar-refractivity contribution in [1.29, 1.82) is 0 Å². The molecule has 2 atom stereocenters. The Morgan fingerprint density at radius 2 is 0.879 bits per heavy atom. The number of fused-ring (bicyclic) bond motifs is 2. The number of ether oxygens (including phenoxy) is 4. The summed E-state index contributed by atoms with van der Waals surface area (Å²) in [5.74, 6) is 1.97. The molecule has 12 rings (SSSR count). The van der Waals surface area contributed by atoms with E-state index >= 15 is 0 Å². The minimum Gasteiger partial charge on any atom is -0.493 e. The molecule has 0 saturated heterocycles. The maximum Gasteiger partial charge on any atom is 0.317 e. The van der Waals surface area contributed by atoms with E-state index in [-0.39, 0.29) is 53.1 Å². The van der Waals surface area contributed by atoms with Crippen LogP contribution in [0.3, 0.4) is 0 Å². The van der Waals surface area contributed by atoms with Crippen LogP contribution in [0.1, 0.15) is 67.7 Å². The third-order valence-electron chi connectivity index (χ3n) is 18.1. The second-order valence-electron chi connectivity index (χ2n) is 25.3. The zero-order valence-electron chi connectivity index (χ0n) is 59.5. The quantitative estimate of drug-likeness (QED) is 0.0372. The van der Waals surface area contributed by atoms with Gasteiger partial charge >= 0.3 is 5.97 Å². The van der Waals surface area contributed by atoms with Gasteiger partial charge in [0.2, 0.25) is 15.9 Å². The number of carboxylic acid groups (broad SMARTS) is 1. The molecular weight excluding hydrogens is 1480 g/mol. The van der Waals surface area contributed by atoms with E-state index in [9.17, 15) is 40.3 Å². The van der Waals surface area contributed by atoms with Gasteiger partial charge in [0, 0.05) is 94.8 Å². The van der Waals surface area contributed by atoms with Crippen molar-refractivity contribution in [2.75, 3.05) is 79.2 Å². The van der Waals surface area contributed by atoms with Crippen LogP contribution in [-0.2, 0) is 68.7 Å². The van der Waals surface area contributed by atoms with Crippen molar-refractivity contribution in [3.63, 3.8) is 0 Å². The topological polar surface area (TPSA) is 211 Å². The lowest BCUT2D eigenvalue weighted by molar-refractivity contribution is -0.138. The molecule has 1 amide bonds. The molecule has 0 aromatic heterocycles. The smallest absolute Gasteiger partial charge is 0.317 e. The number of nitrogens with two attached hydrogens (primary N) is 1. The zero-order chi connectivity index (χ0) is 76.0. The molecule has 25 heteroatoms. The standard InChI is InChI=1S/C41H41ClFN3O5S2.C22H22ClFN2O2S2.C19H21NO4/c1-50-38-24-31-20-21-46(41(30-10-5-3-6-11-30)34(31)25-39(38)51-2)28-40(47)44-53(48,49)33-18-16-29(17-19-33)26-45(22-23-52-32-12-7-4-8-13-32)27-35-36(42)14-9-15-37(35)43;23-21-7-4-8-22(24)20(21)16-26(13-14-29-18-5-2-1-3-6-18)15-17-9-11-19(12-10-17)30(25,27)28;1-23-16-10-14-8-9-20(12-18(21)22)19(13-6-4-3-5-7-13)15(14)11-17(16)24-2/h3-19,24-25,41H,20-23,26-28H2,1-2H3,(H,44,47);1-12H,13-16H2,(H2,25,27,28);3-7,10-11,19H,8-9,12H2,1-2H3,(H,21,22). The maximum atomic E-state index is 14.8. The highest BCUT2D eigenvalue weighted by Crippen LogP contribution is 2.43. The monoisotopic (exact) mass is 1560 g/mol. The first-order valence-electron chi connectivity index (χ1n) is 34.3. The molecule has 2 heterocycles. The van der Waals surface area contributed by atoms with E-state index in [1.54, 1.807) is 100 Å². The third-order valence-corrected chi connectivity index (χ3v) is 23.1. The molecule has 560 valence electrons. The Kier molecular flexibility index (Phi) is 29.3. The number of aliphatic carboxylic acids is 1. The number of carboxylic acids is 1. The molecule has 0 radical (unpaired) electrons. The maximum absolute atomic E-state index is 14.8. The van der Waals surface area contributed by atoms with Crippen LogP contribution in [0, 0.1) is 11.6 Å². The average Bonchev–Trinajstić information content (AvgIpc) is 0.771. The molecule has 10 aromatic rings. The minimum atomic E-state index is -4.17. The lowest BCUT2D eigenvalue weighted by Crippen LogP contribution is -2.44. The first kappa shape index (κ1) is 80.7. The predicted octanol–water partition coefficient (Wildman–Crippen LogP) is 15.4. The van der Waals surface area contributed by atoms with Crippen molar-refractivity contribution >= 4 is 78.6 Å². The largest absolute Gasteiger partial charge is 0.493 e. The fourth-order valence-electron chi connectivity index (χ4n) is 12.9. The molecular formula is C82H84Cl2F2N6O11S4.